The van der Waals surface area contributed by atoms with Crippen LogP contribution in [-0.4, -0.2) is 35.8 Å². The molecule has 0 fully saturated rings. The lowest BCUT2D eigenvalue weighted by atomic mass is 9.86. The van der Waals surface area contributed by atoms with Gasteiger partial charge < -0.3 is 15.3 Å². The van der Waals surface area contributed by atoms with Gasteiger partial charge >= 0.3 is 0 Å². The number of aromatic hydroxyl groups is 1. The SMILES string of the molecule is CC(C)(C)c1c(C(=O)Nc2cccc(O)c2)nn2c(-c3cn[nH]c3)cc(N3Cc4ccccc4C3)nc12. The highest BCUT2D eigenvalue weighted by molar-refractivity contribution is 6.05. The molecule has 186 valence electrons. The van der Waals surface area contributed by atoms with Crippen molar-refractivity contribution in [2.24, 2.45) is 0 Å². The standard InChI is InChI=1S/C28H27N7O2/c1-28(2,3)24-25(27(37)31-20-9-6-10-21(36)11-20)33-35-22(19-13-29-30-14-19)12-23(32-26(24)35)34-15-17-7-4-5-8-18(17)16-34/h4-14,36H,15-16H2,1-3H3,(H,29,30)(H,31,37). The molecule has 3 N–H and O–H groups in total. The number of nitrogens with one attached hydrogen (secondary N) is 2. The summed E-state index contributed by atoms with van der Waals surface area (Å²) < 4.78 is 1.73. The van der Waals surface area contributed by atoms with E-state index in [0.717, 1.165) is 35.7 Å². The Balaban J connectivity index is 1.52. The third kappa shape index (κ3) is 4.08. The second kappa shape index (κ2) is 8.48. The number of anilines is 2. The molecule has 0 bridgehead atoms. The second-order valence-corrected chi connectivity index (χ2v) is 10.3. The number of carbonyl (C=O) groups is 1. The van der Waals surface area contributed by atoms with Crippen molar-refractivity contribution in [3.63, 3.8) is 0 Å². The molecule has 0 unspecified atom stereocenters. The summed E-state index contributed by atoms with van der Waals surface area (Å²) >= 11 is 0. The molecule has 37 heavy (non-hydrogen) atoms. The molecule has 2 aromatic carbocycles. The molecule has 1 aliphatic heterocycles. The number of nitrogens with zero attached hydrogens (tertiary/aromatic N) is 5. The van der Waals surface area contributed by atoms with E-state index in [1.165, 1.54) is 17.2 Å². The smallest absolute Gasteiger partial charge is 0.276 e. The monoisotopic (exact) mass is 493 g/mol. The van der Waals surface area contributed by atoms with Crippen molar-refractivity contribution >= 4 is 23.1 Å². The van der Waals surface area contributed by atoms with Crippen LogP contribution in [0.25, 0.3) is 16.9 Å². The summed E-state index contributed by atoms with van der Waals surface area (Å²) in [7, 11) is 0. The van der Waals surface area contributed by atoms with E-state index in [4.69, 9.17) is 10.1 Å². The Hall–Kier alpha value is -4.66. The first-order chi connectivity index (χ1) is 17.8. The highest BCUT2D eigenvalue weighted by Crippen LogP contribution is 2.36. The Morgan fingerprint density at radius 2 is 1.81 bits per heavy atom. The van der Waals surface area contributed by atoms with Crippen LogP contribution >= 0.6 is 0 Å². The molecule has 5 aromatic rings. The third-order valence-corrected chi connectivity index (χ3v) is 6.60. The Morgan fingerprint density at radius 3 is 2.46 bits per heavy atom. The minimum absolute atomic E-state index is 0.0732. The van der Waals surface area contributed by atoms with Crippen LogP contribution in [0.3, 0.4) is 0 Å². The molecule has 0 aliphatic carbocycles. The number of benzene rings is 2. The van der Waals surface area contributed by atoms with Gasteiger partial charge in [0.05, 0.1) is 11.9 Å². The van der Waals surface area contributed by atoms with E-state index in [-0.39, 0.29) is 17.4 Å². The number of fused-ring (bicyclic) bond motifs is 2. The first kappa shape index (κ1) is 22.8. The zero-order valence-corrected chi connectivity index (χ0v) is 20.9. The molecule has 4 heterocycles. The fourth-order valence-electron chi connectivity index (χ4n) is 4.88. The maximum absolute atomic E-state index is 13.5. The summed E-state index contributed by atoms with van der Waals surface area (Å²) in [5.74, 6) is 0.517. The maximum atomic E-state index is 13.5. The van der Waals surface area contributed by atoms with Crippen LogP contribution in [0, 0.1) is 0 Å². The summed E-state index contributed by atoms with van der Waals surface area (Å²) in [6, 6.07) is 16.9. The highest BCUT2D eigenvalue weighted by Gasteiger charge is 2.32. The molecular weight excluding hydrogens is 466 g/mol. The summed E-state index contributed by atoms with van der Waals surface area (Å²) in [5.41, 5.74) is 5.90. The number of amides is 1. The van der Waals surface area contributed by atoms with Gasteiger partial charge in [0.25, 0.3) is 5.91 Å². The van der Waals surface area contributed by atoms with Gasteiger partial charge in [-0.2, -0.15) is 10.2 Å². The number of aromatic amines is 1. The molecular formula is C28H27N7O2. The zero-order chi connectivity index (χ0) is 25.7. The summed E-state index contributed by atoms with van der Waals surface area (Å²) in [6.45, 7) is 7.66. The van der Waals surface area contributed by atoms with Gasteiger partial charge in [0.1, 0.15) is 11.6 Å². The number of aromatic nitrogens is 5. The Labute approximate surface area is 213 Å². The van der Waals surface area contributed by atoms with Gasteiger partial charge in [-0.1, -0.05) is 51.1 Å². The number of rotatable bonds is 4. The average Bonchev–Trinajstić information content (AvgIpc) is 3.61. The van der Waals surface area contributed by atoms with Gasteiger partial charge in [-0.3, -0.25) is 9.89 Å². The van der Waals surface area contributed by atoms with Gasteiger partial charge in [0, 0.05) is 48.2 Å². The largest absolute Gasteiger partial charge is 0.508 e. The lowest BCUT2D eigenvalue weighted by Gasteiger charge is -2.21. The Kier molecular flexibility index (Phi) is 5.22. The molecule has 1 amide bonds. The Bertz CT molecular complexity index is 1610. The number of phenolic OH excluding ortho intramolecular Hbond substituents is 1. The van der Waals surface area contributed by atoms with E-state index < -0.39 is 5.41 Å². The van der Waals surface area contributed by atoms with E-state index in [1.54, 1.807) is 28.9 Å². The number of phenols is 1. The van der Waals surface area contributed by atoms with Crippen molar-refractivity contribution in [2.45, 2.75) is 39.3 Å². The van der Waals surface area contributed by atoms with Crippen LogP contribution < -0.4 is 10.2 Å². The van der Waals surface area contributed by atoms with Gasteiger partial charge in [-0.25, -0.2) is 9.50 Å². The minimum atomic E-state index is -0.430. The molecule has 9 heteroatoms. The summed E-state index contributed by atoms with van der Waals surface area (Å²) in [6.07, 6.45) is 3.55. The molecule has 0 radical (unpaired) electrons. The van der Waals surface area contributed by atoms with E-state index in [9.17, 15) is 9.90 Å². The van der Waals surface area contributed by atoms with Crippen LogP contribution in [0.4, 0.5) is 11.5 Å². The predicted octanol–water partition coefficient (Wildman–Crippen LogP) is 4.90. The summed E-state index contributed by atoms with van der Waals surface area (Å²) in [5, 5.41) is 24.5. The van der Waals surface area contributed by atoms with E-state index >= 15 is 0 Å². The van der Waals surface area contributed by atoms with Crippen molar-refractivity contribution in [1.82, 2.24) is 24.8 Å². The van der Waals surface area contributed by atoms with E-state index in [0.29, 0.717) is 11.3 Å². The van der Waals surface area contributed by atoms with Crippen LogP contribution in [0.15, 0.2) is 67.0 Å². The molecule has 3 aromatic heterocycles. The molecule has 6 rings (SSSR count). The number of carbonyl (C=O) groups excluding carboxylic acids is 1. The van der Waals surface area contributed by atoms with Gasteiger partial charge in [-0.15, -0.1) is 0 Å². The van der Waals surface area contributed by atoms with Crippen molar-refractivity contribution in [2.75, 3.05) is 10.2 Å². The van der Waals surface area contributed by atoms with E-state index in [1.807, 2.05) is 33.0 Å². The third-order valence-electron chi connectivity index (χ3n) is 6.60. The average molecular weight is 494 g/mol. The lowest BCUT2D eigenvalue weighted by molar-refractivity contribution is 0.102. The van der Waals surface area contributed by atoms with Crippen LogP contribution in [-0.2, 0) is 18.5 Å². The lowest BCUT2D eigenvalue weighted by Crippen LogP contribution is -2.21. The van der Waals surface area contributed by atoms with Crippen molar-refractivity contribution in [3.8, 4) is 17.0 Å². The first-order valence-electron chi connectivity index (χ1n) is 12.1. The number of hydrogen-bond acceptors (Lipinski definition) is 6. The first-order valence-corrected chi connectivity index (χ1v) is 12.1. The number of hydrogen-bond donors (Lipinski definition) is 3. The molecule has 0 atom stereocenters. The van der Waals surface area contributed by atoms with Gasteiger partial charge in [-0.05, 0) is 28.7 Å². The number of H-pyrrole nitrogens is 1. The predicted molar refractivity (Wildman–Crippen MR) is 142 cm³/mol. The van der Waals surface area contributed by atoms with Crippen molar-refractivity contribution in [3.05, 3.63) is 89.4 Å². The molecule has 9 nitrogen and oxygen atoms in total. The molecule has 0 saturated carbocycles. The maximum Gasteiger partial charge on any atom is 0.276 e. The normalized spacial score (nSPS) is 13.2. The highest BCUT2D eigenvalue weighted by atomic mass is 16.3. The summed E-state index contributed by atoms with van der Waals surface area (Å²) in [4.78, 5) is 20.8. The van der Waals surface area contributed by atoms with Crippen molar-refractivity contribution < 1.29 is 9.90 Å². The van der Waals surface area contributed by atoms with Gasteiger partial charge in [0.2, 0.25) is 0 Å². The van der Waals surface area contributed by atoms with Gasteiger partial charge in [0.15, 0.2) is 11.3 Å². The van der Waals surface area contributed by atoms with Crippen LogP contribution in [0.2, 0.25) is 0 Å². The van der Waals surface area contributed by atoms with Crippen molar-refractivity contribution in [1.29, 1.82) is 0 Å². The molecule has 1 aliphatic rings. The Morgan fingerprint density at radius 1 is 1.05 bits per heavy atom. The fraction of sp³-hybridized carbons (Fsp3) is 0.214. The topological polar surface area (TPSA) is 111 Å². The molecule has 0 saturated heterocycles. The van der Waals surface area contributed by atoms with Crippen LogP contribution in [0.5, 0.6) is 5.75 Å². The fourth-order valence-corrected chi connectivity index (χ4v) is 4.88. The van der Waals surface area contributed by atoms with Crippen LogP contribution in [0.1, 0.15) is 48.0 Å². The quantitative estimate of drug-likeness (QED) is 0.329. The zero-order valence-electron chi connectivity index (χ0n) is 20.9. The minimum Gasteiger partial charge on any atom is -0.508 e. The molecule has 0 spiro atoms. The second-order valence-electron chi connectivity index (χ2n) is 10.3. The van der Waals surface area contributed by atoms with E-state index in [2.05, 4.69) is 44.7 Å².